The average molecular weight is 310 g/mol. The molecule has 5 heteroatoms. The van der Waals surface area contributed by atoms with Crippen molar-refractivity contribution in [2.24, 2.45) is 0 Å². The van der Waals surface area contributed by atoms with Crippen LogP contribution in [-0.2, 0) is 0 Å². The third-order valence-corrected chi connectivity index (χ3v) is 3.35. The molecule has 0 saturated carbocycles. The lowest BCUT2D eigenvalue weighted by atomic mass is 10.1. The molecular formula is C13H13BrFN3. The van der Waals surface area contributed by atoms with Gasteiger partial charge < -0.3 is 4.90 Å². The van der Waals surface area contributed by atoms with Gasteiger partial charge in [-0.05, 0) is 41.9 Å². The minimum absolute atomic E-state index is 0.0766. The molecule has 0 saturated heterocycles. The highest BCUT2D eigenvalue weighted by Crippen LogP contribution is 2.30. The largest absolute Gasteiger partial charge is 0.366 e. The third kappa shape index (κ3) is 3.00. The minimum atomic E-state index is -0.458. The maximum atomic E-state index is 14.2. The Labute approximate surface area is 115 Å². The van der Waals surface area contributed by atoms with E-state index in [0.717, 1.165) is 0 Å². The Morgan fingerprint density at radius 1 is 1.39 bits per heavy atom. The fourth-order valence-corrected chi connectivity index (χ4v) is 2.10. The molecule has 0 amide bonds. The van der Waals surface area contributed by atoms with Gasteiger partial charge >= 0.3 is 0 Å². The summed E-state index contributed by atoms with van der Waals surface area (Å²) in [6.45, 7) is 4.33. The smallest absolute Gasteiger partial charge is 0.161 e. The van der Waals surface area contributed by atoms with Crippen LogP contribution in [0.2, 0.25) is 0 Å². The van der Waals surface area contributed by atoms with Crippen LogP contribution in [0.15, 0.2) is 16.6 Å². The monoisotopic (exact) mass is 309 g/mol. The van der Waals surface area contributed by atoms with Crippen molar-refractivity contribution in [2.45, 2.75) is 26.3 Å². The molecule has 1 rings (SSSR count). The molecule has 0 aliphatic rings. The summed E-state index contributed by atoms with van der Waals surface area (Å²) in [5.74, 6) is -0.458. The van der Waals surface area contributed by atoms with E-state index in [9.17, 15) is 4.39 Å². The van der Waals surface area contributed by atoms with Crippen LogP contribution in [0.3, 0.4) is 0 Å². The Bertz CT molecular complexity index is 514. The van der Waals surface area contributed by atoms with Crippen molar-refractivity contribution < 1.29 is 4.39 Å². The average Bonchev–Trinajstić information content (AvgIpc) is 2.34. The van der Waals surface area contributed by atoms with Crippen molar-refractivity contribution in [3.63, 3.8) is 0 Å². The number of halogens is 2. The Balaban J connectivity index is 3.19. The van der Waals surface area contributed by atoms with Crippen molar-refractivity contribution in [1.29, 1.82) is 10.5 Å². The zero-order chi connectivity index (χ0) is 13.7. The molecule has 0 fully saturated rings. The molecule has 0 spiro atoms. The van der Waals surface area contributed by atoms with E-state index in [0.29, 0.717) is 18.7 Å². The van der Waals surface area contributed by atoms with Gasteiger partial charge in [-0.15, -0.1) is 0 Å². The highest BCUT2D eigenvalue weighted by atomic mass is 79.9. The number of nitrogens with zero attached hydrogens (tertiary/aromatic N) is 3. The predicted octanol–water partition coefficient (Wildman–Crippen LogP) is 3.59. The van der Waals surface area contributed by atoms with Crippen LogP contribution < -0.4 is 4.90 Å². The van der Waals surface area contributed by atoms with Crippen LogP contribution in [0.4, 0.5) is 10.1 Å². The molecule has 18 heavy (non-hydrogen) atoms. The van der Waals surface area contributed by atoms with E-state index < -0.39 is 5.82 Å². The van der Waals surface area contributed by atoms with Crippen LogP contribution >= 0.6 is 15.9 Å². The molecule has 0 aromatic heterocycles. The zero-order valence-corrected chi connectivity index (χ0v) is 11.8. The van der Waals surface area contributed by atoms with Crippen LogP contribution in [0.1, 0.15) is 25.8 Å². The normalized spacial score (nSPS) is 9.94. The van der Waals surface area contributed by atoms with Gasteiger partial charge in [0.25, 0.3) is 0 Å². The molecule has 0 radical (unpaired) electrons. The molecular weight excluding hydrogens is 297 g/mol. The summed E-state index contributed by atoms with van der Waals surface area (Å²) >= 11 is 3.09. The predicted molar refractivity (Wildman–Crippen MR) is 71.5 cm³/mol. The first kappa shape index (κ1) is 14.5. The quantitative estimate of drug-likeness (QED) is 0.854. The number of hydrogen-bond acceptors (Lipinski definition) is 3. The number of nitriles is 2. The lowest BCUT2D eigenvalue weighted by Crippen LogP contribution is -2.32. The first-order chi connectivity index (χ1) is 8.52. The molecule has 0 atom stereocenters. The van der Waals surface area contributed by atoms with Gasteiger partial charge in [0, 0.05) is 12.6 Å². The summed E-state index contributed by atoms with van der Waals surface area (Å²) in [5.41, 5.74) is 0.673. The van der Waals surface area contributed by atoms with E-state index in [2.05, 4.69) is 22.0 Å². The number of benzene rings is 1. The van der Waals surface area contributed by atoms with Crippen LogP contribution in [0.5, 0.6) is 0 Å². The molecule has 0 aliphatic heterocycles. The van der Waals surface area contributed by atoms with E-state index in [1.807, 2.05) is 24.8 Å². The van der Waals surface area contributed by atoms with Crippen molar-refractivity contribution in [1.82, 2.24) is 0 Å². The highest BCUT2D eigenvalue weighted by Gasteiger charge is 2.18. The maximum absolute atomic E-state index is 14.2. The van der Waals surface area contributed by atoms with Crippen molar-refractivity contribution >= 4 is 21.6 Å². The standard InChI is InChI=1S/C13H13BrFN3/c1-9(2)18(7-3-6-16)11-5-4-10(8-17)12(14)13(11)15/h4-5,9H,3,7H2,1-2H3. The van der Waals surface area contributed by atoms with Crippen LogP contribution in [0.25, 0.3) is 0 Å². The summed E-state index contributed by atoms with van der Waals surface area (Å²) in [5, 5.41) is 17.4. The second kappa shape index (κ2) is 6.37. The van der Waals surface area contributed by atoms with Gasteiger partial charge in [-0.25, -0.2) is 4.39 Å². The van der Waals surface area contributed by atoms with E-state index in [1.165, 1.54) is 0 Å². The number of hydrogen-bond donors (Lipinski definition) is 0. The summed E-state index contributed by atoms with van der Waals surface area (Å²) in [6, 6.07) is 7.20. The molecule has 0 heterocycles. The Hall–Kier alpha value is -1.59. The Kier molecular flexibility index (Phi) is 5.12. The Morgan fingerprint density at radius 2 is 2.06 bits per heavy atom. The first-order valence-corrected chi connectivity index (χ1v) is 6.34. The molecule has 0 bridgehead atoms. The summed E-state index contributed by atoms with van der Waals surface area (Å²) in [6.07, 6.45) is 0.329. The molecule has 3 nitrogen and oxygen atoms in total. The molecule has 0 unspecified atom stereocenters. The van der Waals surface area contributed by atoms with Crippen LogP contribution in [-0.4, -0.2) is 12.6 Å². The second-order valence-corrected chi connectivity index (χ2v) is 4.86. The third-order valence-electron chi connectivity index (χ3n) is 2.58. The Morgan fingerprint density at radius 3 is 2.56 bits per heavy atom. The number of rotatable bonds is 4. The lowest BCUT2D eigenvalue weighted by molar-refractivity contribution is 0.595. The fraction of sp³-hybridized carbons (Fsp3) is 0.385. The molecule has 0 aliphatic carbocycles. The van der Waals surface area contributed by atoms with E-state index in [1.54, 1.807) is 12.1 Å². The van der Waals surface area contributed by atoms with E-state index >= 15 is 0 Å². The van der Waals surface area contributed by atoms with E-state index in [-0.39, 0.29) is 16.1 Å². The molecule has 94 valence electrons. The van der Waals surface area contributed by atoms with E-state index in [4.69, 9.17) is 10.5 Å². The van der Waals surface area contributed by atoms with Gasteiger partial charge in [0.15, 0.2) is 5.82 Å². The van der Waals surface area contributed by atoms with Crippen molar-refractivity contribution in [3.05, 3.63) is 28.0 Å². The van der Waals surface area contributed by atoms with Gasteiger partial charge in [-0.3, -0.25) is 0 Å². The second-order valence-electron chi connectivity index (χ2n) is 4.07. The van der Waals surface area contributed by atoms with Crippen LogP contribution in [0, 0.1) is 28.5 Å². The van der Waals surface area contributed by atoms with Crippen molar-refractivity contribution in [2.75, 3.05) is 11.4 Å². The van der Waals surface area contributed by atoms with Gasteiger partial charge in [0.05, 0.1) is 28.2 Å². The van der Waals surface area contributed by atoms with Gasteiger partial charge in [0.1, 0.15) is 6.07 Å². The van der Waals surface area contributed by atoms with Gasteiger partial charge in [-0.2, -0.15) is 10.5 Å². The van der Waals surface area contributed by atoms with Crippen molar-refractivity contribution in [3.8, 4) is 12.1 Å². The number of anilines is 1. The van der Waals surface area contributed by atoms with Gasteiger partial charge in [-0.1, -0.05) is 0 Å². The topological polar surface area (TPSA) is 50.8 Å². The lowest BCUT2D eigenvalue weighted by Gasteiger charge is -2.28. The molecule has 0 N–H and O–H groups in total. The highest BCUT2D eigenvalue weighted by molar-refractivity contribution is 9.10. The first-order valence-electron chi connectivity index (χ1n) is 5.54. The minimum Gasteiger partial charge on any atom is -0.366 e. The summed E-state index contributed by atoms with van der Waals surface area (Å²) in [4.78, 5) is 1.81. The molecule has 1 aromatic rings. The maximum Gasteiger partial charge on any atom is 0.161 e. The zero-order valence-electron chi connectivity index (χ0n) is 10.2. The van der Waals surface area contributed by atoms with Gasteiger partial charge in [0.2, 0.25) is 0 Å². The molecule has 1 aromatic carbocycles. The fourth-order valence-electron chi connectivity index (χ4n) is 1.67. The summed E-state index contributed by atoms with van der Waals surface area (Å²) in [7, 11) is 0. The summed E-state index contributed by atoms with van der Waals surface area (Å²) < 4.78 is 14.3. The SMILES string of the molecule is CC(C)N(CCC#N)c1ccc(C#N)c(Br)c1F.